The molecule has 1 aromatic heterocycles. The maximum atomic E-state index is 12.7. The van der Waals surface area contributed by atoms with Crippen LogP contribution in [-0.2, 0) is 4.74 Å². The Morgan fingerprint density at radius 2 is 1.82 bits per heavy atom. The van der Waals surface area contributed by atoms with Crippen LogP contribution in [0.2, 0.25) is 0 Å². The van der Waals surface area contributed by atoms with Crippen molar-refractivity contribution in [3.8, 4) is 11.1 Å². The Kier molecular flexibility index (Phi) is 4.33. The van der Waals surface area contributed by atoms with E-state index in [1.165, 1.54) is 22.3 Å². The quantitative estimate of drug-likeness (QED) is 0.738. The number of hydrogen-bond acceptors (Lipinski definition) is 4. The Morgan fingerprint density at radius 3 is 2.50 bits per heavy atom. The number of piperazine rings is 1. The van der Waals surface area contributed by atoms with E-state index in [2.05, 4.69) is 51.9 Å². The summed E-state index contributed by atoms with van der Waals surface area (Å²) in [6.07, 6.45) is 3.40. The molecule has 142 valence electrons. The Morgan fingerprint density at radius 1 is 1.11 bits per heavy atom. The van der Waals surface area contributed by atoms with E-state index < -0.39 is 0 Å². The highest BCUT2D eigenvalue weighted by atomic mass is 16.6. The zero-order valence-electron chi connectivity index (χ0n) is 15.5. The number of rotatable bonds is 3. The van der Waals surface area contributed by atoms with Crippen molar-refractivity contribution in [2.75, 3.05) is 26.2 Å². The van der Waals surface area contributed by atoms with Crippen molar-refractivity contribution in [1.82, 2.24) is 20.4 Å². The number of ether oxygens (including phenoxy) is 1. The predicted octanol–water partition coefficient (Wildman–Crippen LogP) is 3.31. The molecule has 2 aromatic carbocycles. The molecule has 2 aliphatic rings. The molecule has 2 heterocycles. The van der Waals surface area contributed by atoms with Crippen LogP contribution < -0.4 is 5.32 Å². The Hall–Kier alpha value is -3.12. The average molecular weight is 374 g/mol. The van der Waals surface area contributed by atoms with Gasteiger partial charge < -0.3 is 15.0 Å². The monoisotopic (exact) mass is 374 g/mol. The summed E-state index contributed by atoms with van der Waals surface area (Å²) in [6, 6.07) is 16.8. The summed E-state index contributed by atoms with van der Waals surface area (Å²) in [5.74, 6) is 0.0870. The molecule has 1 aliphatic carbocycles. The molecule has 6 heteroatoms. The fraction of sp³-hybridized carbons (Fsp3) is 0.273. The SMILES string of the molecule is O=C(OCC1c2ccccc2-c2ccccc21)N1CCNC(c2cn[nH]c2)C1. The van der Waals surface area contributed by atoms with Crippen LogP contribution in [0, 0.1) is 0 Å². The molecule has 1 aliphatic heterocycles. The van der Waals surface area contributed by atoms with Crippen molar-refractivity contribution >= 4 is 6.09 Å². The lowest BCUT2D eigenvalue weighted by atomic mass is 9.98. The maximum Gasteiger partial charge on any atom is 0.409 e. The van der Waals surface area contributed by atoms with Crippen LogP contribution in [0.3, 0.4) is 0 Å². The van der Waals surface area contributed by atoms with Gasteiger partial charge in [0.25, 0.3) is 0 Å². The summed E-state index contributed by atoms with van der Waals surface area (Å²) in [5.41, 5.74) is 5.99. The summed E-state index contributed by atoms with van der Waals surface area (Å²) in [6.45, 7) is 2.31. The molecule has 6 nitrogen and oxygen atoms in total. The van der Waals surface area contributed by atoms with E-state index >= 15 is 0 Å². The number of carbonyl (C=O) groups is 1. The number of nitrogens with zero attached hydrogens (tertiary/aromatic N) is 2. The molecule has 3 aromatic rings. The fourth-order valence-corrected chi connectivity index (χ4v) is 4.28. The van der Waals surface area contributed by atoms with Crippen LogP contribution in [0.1, 0.15) is 28.7 Å². The lowest BCUT2D eigenvalue weighted by Crippen LogP contribution is -2.48. The summed E-state index contributed by atoms with van der Waals surface area (Å²) < 4.78 is 5.78. The molecule has 2 N–H and O–H groups in total. The summed E-state index contributed by atoms with van der Waals surface area (Å²) >= 11 is 0. The van der Waals surface area contributed by atoms with E-state index in [1.807, 2.05) is 18.3 Å². The normalized spacial score (nSPS) is 18.6. The molecule has 28 heavy (non-hydrogen) atoms. The number of aromatic nitrogens is 2. The van der Waals surface area contributed by atoms with Crippen molar-refractivity contribution < 1.29 is 9.53 Å². The summed E-state index contributed by atoms with van der Waals surface area (Å²) in [5, 5.41) is 10.2. The molecule has 1 fully saturated rings. The van der Waals surface area contributed by atoms with E-state index in [9.17, 15) is 4.79 Å². The first-order valence-corrected chi connectivity index (χ1v) is 9.63. The van der Waals surface area contributed by atoms with Crippen LogP contribution in [0.25, 0.3) is 11.1 Å². The molecule has 1 saturated heterocycles. The number of aromatic amines is 1. The lowest BCUT2D eigenvalue weighted by Gasteiger charge is -2.32. The van der Waals surface area contributed by atoms with Crippen molar-refractivity contribution in [2.24, 2.45) is 0 Å². The van der Waals surface area contributed by atoms with Crippen molar-refractivity contribution in [3.05, 3.63) is 77.6 Å². The first-order valence-electron chi connectivity index (χ1n) is 9.63. The van der Waals surface area contributed by atoms with Gasteiger partial charge in [0.1, 0.15) is 6.61 Å². The number of nitrogens with one attached hydrogen (secondary N) is 2. The Labute approximate surface area is 163 Å². The van der Waals surface area contributed by atoms with Gasteiger partial charge in [0.15, 0.2) is 0 Å². The zero-order chi connectivity index (χ0) is 18.9. The van der Waals surface area contributed by atoms with Gasteiger partial charge in [-0.3, -0.25) is 5.10 Å². The second-order valence-corrected chi connectivity index (χ2v) is 7.29. The van der Waals surface area contributed by atoms with E-state index in [0.29, 0.717) is 19.7 Å². The topological polar surface area (TPSA) is 70.2 Å². The standard InChI is InChI=1S/C22H22N4O2/c27-22(26-10-9-23-21(13-26)15-11-24-25-12-15)28-14-20-18-7-3-1-5-16(18)17-6-2-4-8-19(17)20/h1-8,11-12,20-21,23H,9-10,13-14H2,(H,24,25). The minimum absolute atomic E-state index is 0.0768. The molecule has 5 rings (SSSR count). The predicted molar refractivity (Wildman–Crippen MR) is 106 cm³/mol. The summed E-state index contributed by atoms with van der Waals surface area (Å²) in [4.78, 5) is 14.5. The Balaban J connectivity index is 1.29. The van der Waals surface area contributed by atoms with Gasteiger partial charge in [0.2, 0.25) is 0 Å². The molecule has 0 bridgehead atoms. The minimum Gasteiger partial charge on any atom is -0.448 e. The average Bonchev–Trinajstić information content (AvgIpc) is 3.39. The molecular weight excluding hydrogens is 352 g/mol. The lowest BCUT2D eigenvalue weighted by molar-refractivity contribution is 0.0883. The maximum absolute atomic E-state index is 12.7. The highest BCUT2D eigenvalue weighted by Gasteiger charge is 2.31. The number of fused-ring (bicyclic) bond motifs is 3. The van der Waals surface area contributed by atoms with E-state index in [-0.39, 0.29) is 18.1 Å². The smallest absolute Gasteiger partial charge is 0.409 e. The third-order valence-electron chi connectivity index (χ3n) is 5.69. The number of carbonyl (C=O) groups excluding carboxylic acids is 1. The molecule has 1 atom stereocenters. The van der Waals surface area contributed by atoms with Gasteiger partial charge in [-0.15, -0.1) is 0 Å². The van der Waals surface area contributed by atoms with Gasteiger partial charge in [-0.1, -0.05) is 48.5 Å². The van der Waals surface area contributed by atoms with Crippen molar-refractivity contribution in [2.45, 2.75) is 12.0 Å². The van der Waals surface area contributed by atoms with Gasteiger partial charge in [-0.25, -0.2) is 4.79 Å². The van der Waals surface area contributed by atoms with Gasteiger partial charge in [0.05, 0.1) is 12.2 Å². The number of benzene rings is 2. The van der Waals surface area contributed by atoms with Crippen LogP contribution in [0.4, 0.5) is 4.79 Å². The third kappa shape index (κ3) is 2.96. The molecule has 0 saturated carbocycles. The van der Waals surface area contributed by atoms with E-state index in [4.69, 9.17) is 4.74 Å². The largest absolute Gasteiger partial charge is 0.448 e. The van der Waals surface area contributed by atoms with Crippen molar-refractivity contribution in [1.29, 1.82) is 0 Å². The van der Waals surface area contributed by atoms with Gasteiger partial charge >= 0.3 is 6.09 Å². The van der Waals surface area contributed by atoms with Gasteiger partial charge in [-0.2, -0.15) is 5.10 Å². The van der Waals surface area contributed by atoms with Crippen LogP contribution in [0.5, 0.6) is 0 Å². The molecular formula is C22H22N4O2. The fourth-order valence-electron chi connectivity index (χ4n) is 4.28. The number of hydrogen-bond donors (Lipinski definition) is 2. The minimum atomic E-state index is -0.253. The van der Waals surface area contributed by atoms with Crippen LogP contribution in [-0.4, -0.2) is 47.4 Å². The molecule has 0 radical (unpaired) electrons. The van der Waals surface area contributed by atoms with Gasteiger partial charge in [0, 0.05) is 37.3 Å². The first kappa shape index (κ1) is 17.0. The number of amides is 1. The van der Waals surface area contributed by atoms with Crippen molar-refractivity contribution in [3.63, 3.8) is 0 Å². The summed E-state index contributed by atoms with van der Waals surface area (Å²) in [7, 11) is 0. The molecule has 0 spiro atoms. The third-order valence-corrected chi connectivity index (χ3v) is 5.69. The van der Waals surface area contributed by atoms with E-state index in [0.717, 1.165) is 12.1 Å². The second-order valence-electron chi connectivity index (χ2n) is 7.29. The zero-order valence-corrected chi connectivity index (χ0v) is 15.5. The van der Waals surface area contributed by atoms with Crippen LogP contribution >= 0.6 is 0 Å². The second kappa shape index (κ2) is 7.13. The Bertz CT molecular complexity index is 940. The van der Waals surface area contributed by atoms with Gasteiger partial charge in [-0.05, 0) is 22.3 Å². The number of H-pyrrole nitrogens is 1. The highest BCUT2D eigenvalue weighted by molar-refractivity contribution is 5.79. The molecule has 1 unspecified atom stereocenters. The van der Waals surface area contributed by atoms with E-state index in [1.54, 1.807) is 11.1 Å². The molecule has 1 amide bonds. The first-order chi connectivity index (χ1) is 13.8. The van der Waals surface area contributed by atoms with Crippen LogP contribution in [0.15, 0.2) is 60.9 Å². The highest BCUT2D eigenvalue weighted by Crippen LogP contribution is 2.44.